The number of hydrogen-bond acceptors (Lipinski definition) is 7. The molecule has 9 heteroatoms. The van der Waals surface area contributed by atoms with Gasteiger partial charge in [-0.2, -0.15) is 0 Å². The number of anilines is 2. The minimum Gasteiger partial charge on any atom is -0.369 e. The van der Waals surface area contributed by atoms with Crippen molar-refractivity contribution in [2.45, 2.75) is 32.7 Å². The number of rotatable bonds is 9. The predicted octanol–water partition coefficient (Wildman–Crippen LogP) is 2.03. The molecule has 2 aliphatic rings. The number of amides is 3. The van der Waals surface area contributed by atoms with Gasteiger partial charge >= 0.3 is 6.03 Å². The van der Waals surface area contributed by atoms with Crippen LogP contribution in [-0.4, -0.2) is 67.4 Å². The average Bonchev–Trinajstić information content (AvgIpc) is 3.40. The first-order valence-electron chi connectivity index (χ1n) is 12.3. The topological polar surface area (TPSA) is 106 Å². The maximum Gasteiger partial charge on any atom is 0.327 e. The second-order valence-electron chi connectivity index (χ2n) is 9.70. The number of nitrogens with two attached hydrogens (primary N) is 1. The van der Waals surface area contributed by atoms with Crippen LogP contribution in [0, 0.1) is 11.8 Å². The zero-order chi connectivity index (χ0) is 24.9. The first-order chi connectivity index (χ1) is 16.8. The van der Waals surface area contributed by atoms with Crippen LogP contribution in [0.4, 0.5) is 16.2 Å². The summed E-state index contributed by atoms with van der Waals surface area (Å²) in [6.07, 6.45) is -1.22. The molecular formula is C26H37N7O2. The first kappa shape index (κ1) is 25.0. The summed E-state index contributed by atoms with van der Waals surface area (Å²) in [5.41, 5.74) is 9.75. The van der Waals surface area contributed by atoms with Crippen molar-refractivity contribution in [2.75, 3.05) is 43.6 Å². The smallest absolute Gasteiger partial charge is 0.327 e. The average molecular weight is 480 g/mol. The quantitative estimate of drug-likeness (QED) is 0.408. The lowest BCUT2D eigenvalue weighted by atomic mass is 9.95. The van der Waals surface area contributed by atoms with Crippen LogP contribution in [0.1, 0.15) is 19.4 Å². The molecule has 35 heavy (non-hydrogen) atoms. The Kier molecular flexibility index (Phi) is 7.90. The van der Waals surface area contributed by atoms with E-state index in [4.69, 9.17) is 5.73 Å². The van der Waals surface area contributed by atoms with Gasteiger partial charge in [0.05, 0.1) is 19.0 Å². The molecule has 2 heterocycles. The van der Waals surface area contributed by atoms with Gasteiger partial charge in [-0.15, -0.1) is 0 Å². The summed E-state index contributed by atoms with van der Waals surface area (Å²) in [6.45, 7) is 7.95. The maximum atomic E-state index is 13.3. The number of carbonyl (C=O) groups is 2. The number of nitrogens with one attached hydrogen (secondary N) is 3. The van der Waals surface area contributed by atoms with Crippen LogP contribution in [0.25, 0.3) is 0 Å². The molecule has 4 rings (SSSR count). The van der Waals surface area contributed by atoms with Crippen molar-refractivity contribution < 1.29 is 9.59 Å². The van der Waals surface area contributed by atoms with Gasteiger partial charge in [0.25, 0.3) is 0 Å². The maximum absolute atomic E-state index is 13.3. The number of urea groups is 1. The highest BCUT2D eigenvalue weighted by molar-refractivity contribution is 5.98. The van der Waals surface area contributed by atoms with E-state index in [1.54, 1.807) is 4.90 Å². The van der Waals surface area contributed by atoms with Gasteiger partial charge in [-0.05, 0) is 35.7 Å². The van der Waals surface area contributed by atoms with E-state index in [2.05, 4.69) is 45.1 Å². The first-order valence-corrected chi connectivity index (χ1v) is 12.3. The highest BCUT2D eigenvalue weighted by Gasteiger charge is 2.47. The van der Waals surface area contributed by atoms with E-state index in [0.29, 0.717) is 13.1 Å². The van der Waals surface area contributed by atoms with Crippen molar-refractivity contribution in [3.05, 3.63) is 60.2 Å². The normalized spacial score (nSPS) is 21.7. The Bertz CT molecular complexity index is 993. The van der Waals surface area contributed by atoms with Crippen LogP contribution < -0.4 is 26.6 Å². The Balaban J connectivity index is 1.54. The predicted molar refractivity (Wildman–Crippen MR) is 139 cm³/mol. The number of para-hydroxylation sites is 1. The van der Waals surface area contributed by atoms with E-state index in [-0.39, 0.29) is 17.9 Å². The van der Waals surface area contributed by atoms with Gasteiger partial charge in [-0.25, -0.2) is 4.79 Å². The molecule has 2 aromatic rings. The molecule has 2 fully saturated rings. The van der Waals surface area contributed by atoms with Gasteiger partial charge in [0, 0.05) is 44.6 Å². The summed E-state index contributed by atoms with van der Waals surface area (Å²) in [7, 11) is 1.53. The number of imide groups is 1. The second-order valence-corrected chi connectivity index (χ2v) is 9.70. The fourth-order valence-electron chi connectivity index (χ4n) is 4.67. The SMILES string of the molecule is CC(C)CN1C(=O)N(C)C(=O)C(C(NCc2ccc(N3CCNC3)cc2)Nc2ccccc2)C1N. The molecule has 3 atom stereocenters. The largest absolute Gasteiger partial charge is 0.369 e. The van der Waals surface area contributed by atoms with Crippen LogP contribution in [-0.2, 0) is 11.3 Å². The molecule has 0 bridgehead atoms. The molecule has 9 nitrogen and oxygen atoms in total. The molecule has 0 radical (unpaired) electrons. The Morgan fingerprint density at radius 2 is 1.80 bits per heavy atom. The molecular weight excluding hydrogens is 442 g/mol. The summed E-state index contributed by atoms with van der Waals surface area (Å²) in [4.78, 5) is 31.2. The highest BCUT2D eigenvalue weighted by Crippen LogP contribution is 2.25. The fourth-order valence-corrected chi connectivity index (χ4v) is 4.67. The van der Waals surface area contributed by atoms with Gasteiger partial charge < -0.3 is 20.9 Å². The molecule has 3 unspecified atom stereocenters. The van der Waals surface area contributed by atoms with Crippen LogP contribution in [0.3, 0.4) is 0 Å². The van der Waals surface area contributed by atoms with Crippen molar-refractivity contribution in [3.63, 3.8) is 0 Å². The molecule has 2 saturated heterocycles. The van der Waals surface area contributed by atoms with Crippen LogP contribution in [0.15, 0.2) is 54.6 Å². The lowest BCUT2D eigenvalue weighted by molar-refractivity contribution is -0.138. The molecule has 0 spiro atoms. The summed E-state index contributed by atoms with van der Waals surface area (Å²) in [6, 6.07) is 17.8. The third-order valence-corrected chi connectivity index (χ3v) is 6.58. The molecule has 3 amide bonds. The second kappa shape index (κ2) is 11.1. The van der Waals surface area contributed by atoms with Gasteiger partial charge in [-0.1, -0.05) is 44.2 Å². The number of nitrogens with zero attached hydrogens (tertiary/aromatic N) is 3. The van der Waals surface area contributed by atoms with E-state index < -0.39 is 18.2 Å². The Morgan fingerprint density at radius 3 is 2.43 bits per heavy atom. The summed E-state index contributed by atoms with van der Waals surface area (Å²) < 4.78 is 0. The van der Waals surface area contributed by atoms with E-state index >= 15 is 0 Å². The Hall–Kier alpha value is -3.14. The molecule has 188 valence electrons. The third-order valence-electron chi connectivity index (χ3n) is 6.58. The van der Waals surface area contributed by atoms with Crippen molar-refractivity contribution in [3.8, 4) is 0 Å². The van der Waals surface area contributed by atoms with Crippen molar-refractivity contribution in [1.82, 2.24) is 20.4 Å². The molecule has 0 aromatic heterocycles. The van der Waals surface area contributed by atoms with Crippen molar-refractivity contribution >= 4 is 23.3 Å². The summed E-state index contributed by atoms with van der Waals surface area (Å²) >= 11 is 0. The van der Waals surface area contributed by atoms with Gasteiger partial charge in [0.1, 0.15) is 5.92 Å². The van der Waals surface area contributed by atoms with Crippen LogP contribution in [0.2, 0.25) is 0 Å². The van der Waals surface area contributed by atoms with Crippen molar-refractivity contribution in [2.24, 2.45) is 17.6 Å². The lowest BCUT2D eigenvalue weighted by Crippen LogP contribution is -2.69. The molecule has 2 aliphatic heterocycles. The minimum atomic E-state index is -0.743. The number of hydrogen-bond donors (Lipinski definition) is 4. The molecule has 0 saturated carbocycles. The summed E-state index contributed by atoms with van der Waals surface area (Å²) in [5.74, 6) is -0.725. The van der Waals surface area contributed by atoms with E-state index in [1.807, 2.05) is 44.2 Å². The van der Waals surface area contributed by atoms with Crippen LogP contribution >= 0.6 is 0 Å². The number of benzene rings is 2. The third kappa shape index (κ3) is 5.75. The zero-order valence-corrected chi connectivity index (χ0v) is 20.8. The molecule has 2 aromatic carbocycles. The molecule has 5 N–H and O–H groups in total. The van der Waals surface area contributed by atoms with Crippen molar-refractivity contribution in [1.29, 1.82) is 0 Å². The van der Waals surface area contributed by atoms with Gasteiger partial charge in [0.15, 0.2) is 0 Å². The zero-order valence-electron chi connectivity index (χ0n) is 20.8. The molecule has 0 aliphatic carbocycles. The van der Waals surface area contributed by atoms with E-state index in [0.717, 1.165) is 31.0 Å². The fraction of sp³-hybridized carbons (Fsp3) is 0.462. The highest BCUT2D eigenvalue weighted by atomic mass is 16.2. The van der Waals surface area contributed by atoms with E-state index in [9.17, 15) is 9.59 Å². The monoisotopic (exact) mass is 479 g/mol. The van der Waals surface area contributed by atoms with Crippen LogP contribution in [0.5, 0.6) is 0 Å². The standard InChI is InChI=1S/C26H37N7O2/c1-18(2)16-33-23(27)22(25(34)31(3)26(33)35)24(30-20-7-5-4-6-8-20)29-15-19-9-11-21(12-10-19)32-14-13-28-17-32/h4-12,18,22-24,28-30H,13-17,27H2,1-3H3. The minimum absolute atomic E-state index is 0.227. The van der Waals surface area contributed by atoms with Gasteiger partial charge in [-0.3, -0.25) is 20.3 Å². The van der Waals surface area contributed by atoms with Gasteiger partial charge in [0.2, 0.25) is 5.91 Å². The Labute approximate surface area is 207 Å². The Morgan fingerprint density at radius 1 is 1.09 bits per heavy atom. The summed E-state index contributed by atoms with van der Waals surface area (Å²) in [5, 5.41) is 10.3. The number of carbonyl (C=O) groups excluding carboxylic acids is 2. The van der Waals surface area contributed by atoms with E-state index in [1.165, 1.54) is 17.6 Å². The lowest BCUT2D eigenvalue weighted by Gasteiger charge is -2.45.